The number of benzene rings is 8. The van der Waals surface area contributed by atoms with Crippen LogP contribution in [0.2, 0.25) is 0 Å². The summed E-state index contributed by atoms with van der Waals surface area (Å²) in [6.45, 7) is 14.3. The van der Waals surface area contributed by atoms with Crippen LogP contribution in [-0.4, -0.2) is 9.13 Å². The normalized spacial score (nSPS) is 10.5. The van der Waals surface area contributed by atoms with Crippen molar-refractivity contribution in [2.24, 2.45) is 0 Å². The molecule has 278 valence electrons. The molecule has 0 aliphatic carbocycles. The maximum atomic E-state index is 4.01. The summed E-state index contributed by atoms with van der Waals surface area (Å²) >= 11 is 0. The fourth-order valence-electron chi connectivity index (χ4n) is 7.31. The SMILES string of the molecule is C=Cc1c(C=C)n(-c2ccc3ccccc3c2)c2ccccc12.Cc1ccc2c(c1)c1ccccc1n2-c1ccccc1.Cc1ccccc1.Cc1ccccc1. The zero-order valence-electron chi connectivity index (χ0n) is 33.0. The summed E-state index contributed by atoms with van der Waals surface area (Å²) in [7, 11) is 0. The average Bonchev–Trinajstić information content (AvgIpc) is 3.77. The van der Waals surface area contributed by atoms with E-state index in [-0.39, 0.29) is 0 Å². The van der Waals surface area contributed by atoms with Gasteiger partial charge >= 0.3 is 0 Å². The highest BCUT2D eigenvalue weighted by atomic mass is 15.0. The molecule has 2 nitrogen and oxygen atoms in total. The van der Waals surface area contributed by atoms with Gasteiger partial charge in [0.1, 0.15) is 0 Å². The van der Waals surface area contributed by atoms with Crippen LogP contribution >= 0.6 is 0 Å². The number of hydrogen-bond donors (Lipinski definition) is 0. The van der Waals surface area contributed by atoms with E-state index in [0.717, 1.165) is 16.9 Å². The fourth-order valence-corrected chi connectivity index (χ4v) is 7.31. The van der Waals surface area contributed by atoms with Crippen molar-refractivity contribution < 1.29 is 0 Å². The van der Waals surface area contributed by atoms with Crippen LogP contribution in [0.5, 0.6) is 0 Å². The molecule has 0 aliphatic rings. The summed E-state index contributed by atoms with van der Waals surface area (Å²) in [4.78, 5) is 0. The van der Waals surface area contributed by atoms with E-state index >= 15 is 0 Å². The topological polar surface area (TPSA) is 9.86 Å². The molecular formula is C55H48N2. The quantitative estimate of drug-likeness (QED) is 0.170. The summed E-state index contributed by atoms with van der Waals surface area (Å²) in [6, 6.07) is 69.7. The lowest BCUT2D eigenvalue weighted by Gasteiger charge is -2.10. The molecule has 0 aliphatic heterocycles. The Morgan fingerprint density at radius 2 is 0.860 bits per heavy atom. The molecule has 0 radical (unpaired) electrons. The van der Waals surface area contributed by atoms with Crippen LogP contribution < -0.4 is 0 Å². The van der Waals surface area contributed by atoms with Crippen LogP contribution in [0.25, 0.3) is 67.0 Å². The molecule has 0 atom stereocenters. The van der Waals surface area contributed by atoms with Crippen LogP contribution in [0.3, 0.4) is 0 Å². The maximum absolute atomic E-state index is 4.01. The van der Waals surface area contributed by atoms with Gasteiger partial charge < -0.3 is 9.13 Å². The zero-order chi connectivity index (χ0) is 39.6. The Balaban J connectivity index is 0.000000131. The molecule has 2 aromatic heterocycles. The fraction of sp³-hybridized carbons (Fsp3) is 0.0545. The number of aromatic nitrogens is 2. The van der Waals surface area contributed by atoms with Crippen LogP contribution in [0.1, 0.15) is 27.9 Å². The lowest BCUT2D eigenvalue weighted by molar-refractivity contribution is 1.11. The van der Waals surface area contributed by atoms with Gasteiger partial charge in [0.25, 0.3) is 0 Å². The first-order chi connectivity index (χ1) is 28.0. The van der Waals surface area contributed by atoms with Crippen molar-refractivity contribution in [2.75, 3.05) is 0 Å². The van der Waals surface area contributed by atoms with Crippen molar-refractivity contribution in [3.63, 3.8) is 0 Å². The lowest BCUT2D eigenvalue weighted by Crippen LogP contribution is -1.96. The third-order valence-electron chi connectivity index (χ3n) is 10.1. The maximum Gasteiger partial charge on any atom is 0.0541 e. The van der Waals surface area contributed by atoms with E-state index in [1.807, 2.05) is 48.6 Å². The minimum Gasteiger partial charge on any atom is -0.309 e. The molecule has 10 rings (SSSR count). The minimum absolute atomic E-state index is 1.08. The Morgan fingerprint density at radius 1 is 0.351 bits per heavy atom. The van der Waals surface area contributed by atoms with E-state index in [1.165, 1.54) is 65.9 Å². The molecule has 0 saturated carbocycles. The van der Waals surface area contributed by atoms with Gasteiger partial charge in [-0.25, -0.2) is 0 Å². The number of fused-ring (bicyclic) bond motifs is 5. The molecule has 0 unspecified atom stereocenters. The third-order valence-corrected chi connectivity index (χ3v) is 10.1. The van der Waals surface area contributed by atoms with E-state index in [1.54, 1.807) is 0 Å². The molecule has 2 heterocycles. The number of rotatable bonds is 4. The van der Waals surface area contributed by atoms with Gasteiger partial charge in [-0.2, -0.15) is 0 Å². The van der Waals surface area contributed by atoms with Crippen LogP contribution in [0.4, 0.5) is 0 Å². The van der Waals surface area contributed by atoms with Gasteiger partial charge in [0.15, 0.2) is 0 Å². The van der Waals surface area contributed by atoms with Crippen molar-refractivity contribution in [1.82, 2.24) is 9.13 Å². The van der Waals surface area contributed by atoms with Crippen LogP contribution in [-0.2, 0) is 0 Å². The molecule has 57 heavy (non-hydrogen) atoms. The molecule has 0 N–H and O–H groups in total. The molecule has 0 saturated heterocycles. The number of para-hydroxylation sites is 3. The Labute approximate surface area is 336 Å². The van der Waals surface area contributed by atoms with E-state index in [2.05, 4.69) is 207 Å². The monoisotopic (exact) mass is 736 g/mol. The van der Waals surface area contributed by atoms with Crippen molar-refractivity contribution in [3.05, 3.63) is 241 Å². The van der Waals surface area contributed by atoms with E-state index < -0.39 is 0 Å². The van der Waals surface area contributed by atoms with Gasteiger partial charge in [-0.05, 0) is 86.2 Å². The van der Waals surface area contributed by atoms with E-state index in [4.69, 9.17) is 0 Å². The summed E-state index contributed by atoms with van der Waals surface area (Å²) in [5.74, 6) is 0. The molecule has 0 amide bonds. The first-order valence-electron chi connectivity index (χ1n) is 19.4. The highest BCUT2D eigenvalue weighted by Crippen LogP contribution is 2.33. The minimum atomic E-state index is 1.08. The molecule has 10 aromatic rings. The second-order valence-corrected chi connectivity index (χ2v) is 14.1. The van der Waals surface area contributed by atoms with Crippen LogP contribution in [0.15, 0.2) is 213 Å². The molecule has 8 aromatic carbocycles. The Bertz CT molecular complexity index is 2860. The largest absolute Gasteiger partial charge is 0.309 e. The molecular weight excluding hydrogens is 689 g/mol. The standard InChI is InChI=1S/C22H17N.C19H15N.2C7H8/c1-3-19-20-11-7-8-12-22(20)23(21(19)4-2)18-14-13-16-9-5-6-10-17(16)15-18;1-14-11-12-19-17(13-14)16-9-5-6-10-18(16)20(19)15-7-3-2-4-8-15;2*1-7-5-3-2-4-6-7/h3-15H,1-2H2;2-13H,1H3;2*2-6H,1H3. The van der Waals surface area contributed by atoms with Gasteiger partial charge in [-0.15, -0.1) is 0 Å². The number of hydrogen-bond acceptors (Lipinski definition) is 0. The van der Waals surface area contributed by atoms with Gasteiger partial charge in [0.2, 0.25) is 0 Å². The smallest absolute Gasteiger partial charge is 0.0541 e. The summed E-state index contributed by atoms with van der Waals surface area (Å²) in [5.41, 5.74) is 12.2. The van der Waals surface area contributed by atoms with Gasteiger partial charge in [-0.3, -0.25) is 0 Å². The number of aryl methyl sites for hydroxylation is 3. The molecule has 0 spiro atoms. The van der Waals surface area contributed by atoms with Crippen LogP contribution in [0, 0.1) is 20.8 Å². The third kappa shape index (κ3) is 8.57. The van der Waals surface area contributed by atoms with Crippen molar-refractivity contribution in [1.29, 1.82) is 0 Å². The van der Waals surface area contributed by atoms with Gasteiger partial charge in [0.05, 0.1) is 22.2 Å². The summed E-state index contributed by atoms with van der Waals surface area (Å²) in [5, 5.41) is 6.32. The average molecular weight is 737 g/mol. The van der Waals surface area contributed by atoms with Crippen molar-refractivity contribution in [3.8, 4) is 11.4 Å². The van der Waals surface area contributed by atoms with Crippen molar-refractivity contribution in [2.45, 2.75) is 20.8 Å². The van der Waals surface area contributed by atoms with E-state index in [9.17, 15) is 0 Å². The molecule has 0 fully saturated rings. The predicted molar refractivity (Wildman–Crippen MR) is 249 cm³/mol. The Hall–Kier alpha value is -7.16. The lowest BCUT2D eigenvalue weighted by atomic mass is 10.1. The second-order valence-electron chi connectivity index (χ2n) is 14.1. The Morgan fingerprint density at radius 3 is 1.44 bits per heavy atom. The number of nitrogens with zero attached hydrogens (tertiary/aromatic N) is 2. The first-order valence-corrected chi connectivity index (χ1v) is 19.4. The van der Waals surface area contributed by atoms with Gasteiger partial charge in [-0.1, -0.05) is 188 Å². The first kappa shape index (κ1) is 38.1. The molecule has 0 bridgehead atoms. The van der Waals surface area contributed by atoms with E-state index in [0.29, 0.717) is 0 Å². The predicted octanol–water partition coefficient (Wildman–Crippen LogP) is 15.2. The second kappa shape index (κ2) is 18.0. The Kier molecular flexibility index (Phi) is 12.0. The summed E-state index contributed by atoms with van der Waals surface area (Å²) < 4.78 is 4.59. The zero-order valence-corrected chi connectivity index (χ0v) is 33.0. The van der Waals surface area contributed by atoms with Crippen molar-refractivity contribution >= 4 is 55.6 Å². The summed E-state index contributed by atoms with van der Waals surface area (Å²) in [6.07, 6.45) is 3.82. The molecule has 2 heteroatoms. The highest BCUT2D eigenvalue weighted by Gasteiger charge is 2.14. The van der Waals surface area contributed by atoms with Gasteiger partial charge in [0, 0.05) is 33.1 Å². The highest BCUT2D eigenvalue weighted by molar-refractivity contribution is 6.09.